The van der Waals surface area contributed by atoms with Gasteiger partial charge in [-0.1, -0.05) is 36.4 Å². The highest BCUT2D eigenvalue weighted by Gasteiger charge is 2.43. The van der Waals surface area contributed by atoms with Crippen LogP contribution in [0.2, 0.25) is 0 Å². The number of nitrogens with one attached hydrogen (secondary N) is 1. The summed E-state index contributed by atoms with van der Waals surface area (Å²) in [6.07, 6.45) is -2.30. The zero-order chi connectivity index (χ0) is 23.4. The van der Waals surface area contributed by atoms with Crippen molar-refractivity contribution in [1.82, 2.24) is 9.55 Å². The first kappa shape index (κ1) is 21.9. The molecule has 1 aromatic heterocycles. The quantitative estimate of drug-likeness (QED) is 0.546. The summed E-state index contributed by atoms with van der Waals surface area (Å²) < 4.78 is 11.9. The molecule has 0 spiro atoms. The van der Waals surface area contributed by atoms with Crippen LogP contribution in [0.4, 0.5) is 5.82 Å². The molecule has 1 amide bonds. The van der Waals surface area contributed by atoms with E-state index in [4.69, 9.17) is 9.47 Å². The van der Waals surface area contributed by atoms with Gasteiger partial charge in [0.2, 0.25) is 0 Å². The predicted octanol–water partition coefficient (Wildman–Crippen LogP) is 2.09. The predicted molar refractivity (Wildman–Crippen MR) is 115 cm³/mol. The third-order valence-corrected chi connectivity index (χ3v) is 5.00. The molecule has 0 saturated carbocycles. The highest BCUT2D eigenvalue weighted by Crippen LogP contribution is 2.31. The molecule has 0 aliphatic carbocycles. The Hall–Kier alpha value is -4.31. The average Bonchev–Trinajstić information content (AvgIpc) is 3.24. The molecule has 168 valence electrons. The molecule has 2 N–H and O–H groups in total. The first-order chi connectivity index (χ1) is 15.9. The van der Waals surface area contributed by atoms with E-state index < -0.39 is 42.0 Å². The second kappa shape index (κ2) is 9.45. The maximum atomic E-state index is 12.5. The van der Waals surface area contributed by atoms with Crippen LogP contribution in [0.15, 0.2) is 77.7 Å². The SMILES string of the molecule is O=C(Nc1ccn(C2CC(OC(=O)c3ccccc3)C(C(=O)O)O2)c(=O)n1)c1ccccc1. The molecule has 2 aromatic carbocycles. The molecular formula is C23H19N3O7. The summed E-state index contributed by atoms with van der Waals surface area (Å²) in [4.78, 5) is 52.6. The Morgan fingerprint density at radius 2 is 1.64 bits per heavy atom. The Bertz CT molecular complexity index is 1230. The maximum absolute atomic E-state index is 12.5. The number of ether oxygens (including phenoxy) is 2. The number of hydrogen-bond acceptors (Lipinski definition) is 7. The van der Waals surface area contributed by atoms with Gasteiger partial charge in [0.1, 0.15) is 18.1 Å². The number of carbonyl (C=O) groups excluding carboxylic acids is 2. The Morgan fingerprint density at radius 1 is 1.00 bits per heavy atom. The van der Waals surface area contributed by atoms with E-state index in [0.717, 1.165) is 4.57 Å². The fourth-order valence-corrected chi connectivity index (χ4v) is 3.40. The van der Waals surface area contributed by atoms with Crippen molar-refractivity contribution in [1.29, 1.82) is 0 Å². The van der Waals surface area contributed by atoms with Crippen molar-refractivity contribution in [3.8, 4) is 0 Å². The second-order valence-corrected chi connectivity index (χ2v) is 7.22. The lowest BCUT2D eigenvalue weighted by molar-refractivity contribution is -0.155. The molecule has 1 aliphatic heterocycles. The largest absolute Gasteiger partial charge is 0.479 e. The standard InChI is InChI=1S/C23H19N3O7/c27-20(14-7-3-1-4-8-14)24-17-11-12-26(23(31)25-17)18-13-16(19(33-18)21(28)29)32-22(30)15-9-5-2-6-10-15/h1-12,16,18-19H,13H2,(H,28,29)(H,24,25,27,31). The molecule has 0 bridgehead atoms. The highest BCUT2D eigenvalue weighted by atomic mass is 16.6. The number of nitrogens with zero attached hydrogens (tertiary/aromatic N) is 2. The van der Waals surface area contributed by atoms with E-state index in [1.165, 1.54) is 12.3 Å². The number of aliphatic carboxylic acids is 1. The Kier molecular flexibility index (Phi) is 6.27. The van der Waals surface area contributed by atoms with Gasteiger partial charge in [0.05, 0.1) is 5.56 Å². The van der Waals surface area contributed by atoms with Gasteiger partial charge in [-0.3, -0.25) is 9.36 Å². The van der Waals surface area contributed by atoms with Crippen LogP contribution >= 0.6 is 0 Å². The molecule has 2 heterocycles. The number of carboxylic acid groups (broad SMARTS) is 1. The van der Waals surface area contributed by atoms with Crippen LogP contribution in [0.5, 0.6) is 0 Å². The van der Waals surface area contributed by atoms with Crippen LogP contribution in [0.3, 0.4) is 0 Å². The number of carbonyl (C=O) groups is 3. The molecular weight excluding hydrogens is 430 g/mol. The van der Waals surface area contributed by atoms with Crippen LogP contribution in [-0.4, -0.2) is 44.7 Å². The van der Waals surface area contributed by atoms with Crippen LogP contribution < -0.4 is 11.0 Å². The summed E-state index contributed by atoms with van der Waals surface area (Å²) in [5, 5.41) is 12.0. The summed E-state index contributed by atoms with van der Waals surface area (Å²) in [5.41, 5.74) is -0.0950. The minimum atomic E-state index is -1.45. The number of aromatic nitrogens is 2. The number of hydrogen-bond donors (Lipinski definition) is 2. The number of carboxylic acids is 1. The molecule has 10 nitrogen and oxygen atoms in total. The smallest absolute Gasteiger partial charge is 0.351 e. The number of benzene rings is 2. The monoisotopic (exact) mass is 449 g/mol. The molecule has 3 atom stereocenters. The van der Waals surface area contributed by atoms with Crippen LogP contribution in [0.25, 0.3) is 0 Å². The number of anilines is 1. The summed E-state index contributed by atoms with van der Waals surface area (Å²) in [5.74, 6) is -2.42. The van der Waals surface area contributed by atoms with E-state index in [0.29, 0.717) is 5.56 Å². The van der Waals surface area contributed by atoms with Gasteiger partial charge in [-0.25, -0.2) is 14.4 Å². The van der Waals surface area contributed by atoms with Gasteiger partial charge >= 0.3 is 17.6 Å². The number of esters is 1. The molecule has 1 aliphatic rings. The van der Waals surface area contributed by atoms with Gasteiger partial charge in [-0.05, 0) is 30.3 Å². The van der Waals surface area contributed by atoms with E-state index in [9.17, 15) is 24.3 Å². The van der Waals surface area contributed by atoms with Gasteiger partial charge in [0.15, 0.2) is 6.10 Å². The fourth-order valence-electron chi connectivity index (χ4n) is 3.40. The third-order valence-electron chi connectivity index (χ3n) is 5.00. The van der Waals surface area contributed by atoms with Crippen molar-refractivity contribution in [3.05, 3.63) is 94.5 Å². The molecule has 0 radical (unpaired) electrons. The van der Waals surface area contributed by atoms with Crippen molar-refractivity contribution in [2.24, 2.45) is 0 Å². The zero-order valence-corrected chi connectivity index (χ0v) is 17.2. The number of amides is 1. The summed E-state index contributed by atoms with van der Waals surface area (Å²) in [7, 11) is 0. The lowest BCUT2D eigenvalue weighted by Crippen LogP contribution is -2.34. The molecule has 1 fully saturated rings. The molecule has 3 aromatic rings. The first-order valence-electron chi connectivity index (χ1n) is 10.0. The van der Waals surface area contributed by atoms with Gasteiger partial charge in [0.25, 0.3) is 5.91 Å². The Labute approximate surface area is 187 Å². The van der Waals surface area contributed by atoms with Crippen molar-refractivity contribution >= 4 is 23.7 Å². The van der Waals surface area contributed by atoms with Crippen LogP contribution in [0.1, 0.15) is 33.4 Å². The normalized spacial score (nSPS) is 19.6. The molecule has 3 unspecified atom stereocenters. The van der Waals surface area contributed by atoms with Gasteiger partial charge < -0.3 is 19.9 Å². The Balaban J connectivity index is 1.48. The van der Waals surface area contributed by atoms with Crippen molar-refractivity contribution in [3.63, 3.8) is 0 Å². The topological polar surface area (TPSA) is 137 Å². The lowest BCUT2D eigenvalue weighted by atomic mass is 10.1. The van der Waals surface area contributed by atoms with E-state index in [1.807, 2.05) is 0 Å². The molecule has 33 heavy (non-hydrogen) atoms. The van der Waals surface area contributed by atoms with Crippen molar-refractivity contribution in [2.75, 3.05) is 5.32 Å². The number of rotatable bonds is 6. The fraction of sp³-hybridized carbons (Fsp3) is 0.174. The van der Waals surface area contributed by atoms with Gasteiger partial charge in [-0.15, -0.1) is 0 Å². The average molecular weight is 449 g/mol. The van der Waals surface area contributed by atoms with Gasteiger partial charge in [0, 0.05) is 18.2 Å². The summed E-state index contributed by atoms with van der Waals surface area (Å²) in [6, 6.07) is 17.9. The minimum Gasteiger partial charge on any atom is -0.479 e. The molecule has 1 saturated heterocycles. The highest BCUT2D eigenvalue weighted by molar-refractivity contribution is 6.03. The Morgan fingerprint density at radius 3 is 2.24 bits per heavy atom. The van der Waals surface area contributed by atoms with Gasteiger partial charge in [-0.2, -0.15) is 4.98 Å². The minimum absolute atomic E-state index is 0.0324. The van der Waals surface area contributed by atoms with Crippen LogP contribution in [0, 0.1) is 0 Å². The lowest BCUT2D eigenvalue weighted by Gasteiger charge is -2.15. The second-order valence-electron chi connectivity index (χ2n) is 7.22. The summed E-state index contributed by atoms with van der Waals surface area (Å²) in [6.45, 7) is 0. The van der Waals surface area contributed by atoms with Crippen molar-refractivity contribution < 1.29 is 29.0 Å². The van der Waals surface area contributed by atoms with E-state index >= 15 is 0 Å². The van der Waals surface area contributed by atoms with Crippen molar-refractivity contribution in [2.45, 2.75) is 24.9 Å². The zero-order valence-electron chi connectivity index (χ0n) is 17.2. The van der Waals surface area contributed by atoms with E-state index in [-0.39, 0.29) is 17.8 Å². The first-order valence-corrected chi connectivity index (χ1v) is 10.0. The molecule has 4 rings (SSSR count). The van der Waals surface area contributed by atoms with E-state index in [2.05, 4.69) is 10.3 Å². The van der Waals surface area contributed by atoms with E-state index in [1.54, 1.807) is 60.7 Å². The molecule has 10 heteroatoms. The van der Waals surface area contributed by atoms with Crippen LogP contribution in [-0.2, 0) is 14.3 Å². The summed E-state index contributed by atoms with van der Waals surface area (Å²) >= 11 is 0. The maximum Gasteiger partial charge on any atom is 0.351 e. The third kappa shape index (κ3) is 4.96.